The third kappa shape index (κ3) is 5.34. The van der Waals surface area contributed by atoms with Crippen LogP contribution in [0.5, 0.6) is 0 Å². The van der Waals surface area contributed by atoms with Gasteiger partial charge in [-0.3, -0.25) is 14.4 Å². The second kappa shape index (κ2) is 10.4. The summed E-state index contributed by atoms with van der Waals surface area (Å²) in [7, 11) is 0. The van der Waals surface area contributed by atoms with Crippen LogP contribution in [0, 0.1) is 0 Å². The number of hydrogen-bond acceptors (Lipinski definition) is 7. The van der Waals surface area contributed by atoms with Crippen molar-refractivity contribution in [1.29, 1.82) is 0 Å². The van der Waals surface area contributed by atoms with Crippen LogP contribution in [-0.2, 0) is 0 Å². The highest BCUT2D eigenvalue weighted by molar-refractivity contribution is 8.16. The zero-order chi connectivity index (χ0) is 22.3. The van der Waals surface area contributed by atoms with E-state index in [4.69, 9.17) is 0 Å². The van der Waals surface area contributed by atoms with Gasteiger partial charge in [0.2, 0.25) is 10.2 Å². The Labute approximate surface area is 197 Å². The first-order chi connectivity index (χ1) is 15.6. The molecule has 0 bridgehead atoms. The van der Waals surface area contributed by atoms with Crippen LogP contribution in [0.2, 0.25) is 0 Å². The van der Waals surface area contributed by atoms with E-state index in [1.165, 1.54) is 0 Å². The SMILES string of the molecule is O=C(Sc1nsc(SC(=O)c2ccccc2)c1C(=O)Nc1ccccc1)c1ccccc1. The zero-order valence-corrected chi connectivity index (χ0v) is 19.0. The maximum atomic E-state index is 13.2. The third-order valence-electron chi connectivity index (χ3n) is 4.28. The van der Waals surface area contributed by atoms with Gasteiger partial charge in [-0.25, -0.2) is 0 Å². The van der Waals surface area contributed by atoms with E-state index in [-0.39, 0.29) is 20.8 Å². The number of para-hydroxylation sites is 1. The average molecular weight is 477 g/mol. The smallest absolute Gasteiger partial charge is 0.260 e. The molecule has 8 heteroatoms. The molecule has 158 valence electrons. The lowest BCUT2D eigenvalue weighted by Gasteiger charge is -2.07. The maximum absolute atomic E-state index is 13.2. The van der Waals surface area contributed by atoms with Crippen LogP contribution < -0.4 is 5.32 Å². The molecule has 1 aromatic heterocycles. The van der Waals surface area contributed by atoms with Gasteiger partial charge in [-0.05, 0) is 47.2 Å². The van der Waals surface area contributed by atoms with Crippen LogP contribution in [0.4, 0.5) is 5.69 Å². The third-order valence-corrected chi connectivity index (χ3v) is 7.24. The average Bonchev–Trinajstić information content (AvgIpc) is 3.22. The number of nitrogens with one attached hydrogen (secondary N) is 1. The minimum atomic E-state index is -0.420. The highest BCUT2D eigenvalue weighted by Gasteiger charge is 2.26. The van der Waals surface area contributed by atoms with Crippen LogP contribution in [0.3, 0.4) is 0 Å². The highest BCUT2D eigenvalue weighted by Crippen LogP contribution is 2.37. The Morgan fingerprint density at radius 2 is 1.19 bits per heavy atom. The predicted molar refractivity (Wildman–Crippen MR) is 130 cm³/mol. The monoisotopic (exact) mass is 476 g/mol. The molecule has 0 saturated heterocycles. The Bertz CT molecular complexity index is 1170. The molecule has 4 aromatic rings. The van der Waals surface area contributed by atoms with Gasteiger partial charge in [0.1, 0.15) is 9.24 Å². The van der Waals surface area contributed by atoms with Gasteiger partial charge < -0.3 is 5.32 Å². The molecular weight excluding hydrogens is 460 g/mol. The van der Waals surface area contributed by atoms with Gasteiger partial charge in [-0.15, -0.1) is 0 Å². The van der Waals surface area contributed by atoms with Crippen LogP contribution in [0.15, 0.2) is 100 Å². The Kier molecular flexibility index (Phi) is 7.16. The summed E-state index contributed by atoms with van der Waals surface area (Å²) < 4.78 is 4.78. The highest BCUT2D eigenvalue weighted by atomic mass is 32.2. The molecule has 32 heavy (non-hydrogen) atoms. The van der Waals surface area contributed by atoms with Crippen LogP contribution in [-0.4, -0.2) is 20.5 Å². The van der Waals surface area contributed by atoms with E-state index in [1.807, 2.05) is 30.3 Å². The molecule has 0 atom stereocenters. The molecule has 0 aliphatic carbocycles. The Balaban J connectivity index is 1.64. The number of carbonyl (C=O) groups excluding carboxylic acids is 3. The number of rotatable bonds is 6. The minimum absolute atomic E-state index is 0.200. The second-order valence-electron chi connectivity index (χ2n) is 6.48. The van der Waals surface area contributed by atoms with E-state index < -0.39 is 5.91 Å². The largest absolute Gasteiger partial charge is 0.322 e. The van der Waals surface area contributed by atoms with E-state index in [0.717, 1.165) is 35.1 Å². The normalized spacial score (nSPS) is 10.5. The molecule has 4 rings (SSSR count). The lowest BCUT2D eigenvalue weighted by Crippen LogP contribution is -2.13. The fourth-order valence-electron chi connectivity index (χ4n) is 2.74. The number of benzene rings is 3. The lowest BCUT2D eigenvalue weighted by atomic mass is 10.2. The number of nitrogens with zero attached hydrogens (tertiary/aromatic N) is 1. The van der Waals surface area contributed by atoms with Crippen molar-refractivity contribution in [3.05, 3.63) is 108 Å². The standard InChI is InChI=1S/C24H16N2O3S3/c27-20(25-18-14-8-3-9-15-18)19-21(30-22(28)16-10-4-1-5-11-16)26-32-24(19)31-23(29)17-12-6-2-7-13-17/h1-15H,(H,25,27). The summed E-state index contributed by atoms with van der Waals surface area (Å²) in [6, 6.07) is 26.6. The summed E-state index contributed by atoms with van der Waals surface area (Å²) in [5.74, 6) is -0.420. The van der Waals surface area contributed by atoms with Gasteiger partial charge in [0.15, 0.2) is 0 Å². The Morgan fingerprint density at radius 3 is 1.75 bits per heavy atom. The summed E-state index contributed by atoms with van der Waals surface area (Å²) in [6.07, 6.45) is 0. The van der Waals surface area contributed by atoms with E-state index in [9.17, 15) is 14.4 Å². The first-order valence-corrected chi connectivity index (χ1v) is 11.9. The first-order valence-electron chi connectivity index (χ1n) is 9.52. The quantitative estimate of drug-likeness (QED) is 0.331. The summed E-state index contributed by atoms with van der Waals surface area (Å²) >= 11 is 2.85. The molecule has 1 heterocycles. The minimum Gasteiger partial charge on any atom is -0.322 e. The fourth-order valence-corrected chi connectivity index (χ4v) is 5.60. The van der Waals surface area contributed by atoms with Crippen molar-refractivity contribution in [2.24, 2.45) is 0 Å². The number of carbonyl (C=O) groups is 3. The van der Waals surface area contributed by atoms with Crippen molar-refractivity contribution in [3.63, 3.8) is 0 Å². The fraction of sp³-hybridized carbons (Fsp3) is 0. The molecule has 0 radical (unpaired) electrons. The van der Waals surface area contributed by atoms with Crippen molar-refractivity contribution in [2.45, 2.75) is 9.24 Å². The van der Waals surface area contributed by atoms with E-state index in [1.54, 1.807) is 60.7 Å². The molecule has 0 saturated carbocycles. The molecule has 3 aromatic carbocycles. The molecule has 1 amide bonds. The molecule has 5 nitrogen and oxygen atoms in total. The Morgan fingerprint density at radius 1 is 0.688 bits per heavy atom. The molecule has 0 spiro atoms. The van der Waals surface area contributed by atoms with E-state index >= 15 is 0 Å². The van der Waals surface area contributed by atoms with E-state index in [2.05, 4.69) is 9.69 Å². The number of aromatic nitrogens is 1. The van der Waals surface area contributed by atoms with Crippen LogP contribution >= 0.6 is 35.1 Å². The first kappa shape index (κ1) is 22.0. The van der Waals surface area contributed by atoms with Crippen molar-refractivity contribution >= 4 is 56.9 Å². The van der Waals surface area contributed by atoms with Crippen molar-refractivity contribution in [1.82, 2.24) is 4.37 Å². The van der Waals surface area contributed by atoms with Gasteiger partial charge in [0, 0.05) is 16.8 Å². The van der Waals surface area contributed by atoms with Gasteiger partial charge >= 0.3 is 0 Å². The number of anilines is 1. The molecular formula is C24H16N2O3S3. The number of thioether (sulfide) groups is 2. The summed E-state index contributed by atoms with van der Waals surface area (Å²) in [5.41, 5.74) is 1.87. The topological polar surface area (TPSA) is 76.1 Å². The molecule has 0 aliphatic rings. The molecule has 0 aliphatic heterocycles. The van der Waals surface area contributed by atoms with Gasteiger partial charge in [-0.2, -0.15) is 4.37 Å². The zero-order valence-electron chi connectivity index (χ0n) is 16.6. The van der Waals surface area contributed by atoms with Crippen LogP contribution in [0.25, 0.3) is 0 Å². The van der Waals surface area contributed by atoms with Crippen molar-refractivity contribution in [3.8, 4) is 0 Å². The summed E-state index contributed by atoms with van der Waals surface area (Å²) in [5, 5.41) is 2.68. The lowest BCUT2D eigenvalue weighted by molar-refractivity contribution is 0.102. The van der Waals surface area contributed by atoms with Gasteiger partial charge in [-0.1, -0.05) is 78.9 Å². The van der Waals surface area contributed by atoms with Crippen molar-refractivity contribution in [2.75, 3.05) is 5.32 Å². The Hall–Kier alpha value is -3.20. The number of amides is 1. The maximum Gasteiger partial charge on any atom is 0.260 e. The van der Waals surface area contributed by atoms with Gasteiger partial charge in [0.25, 0.3) is 5.91 Å². The molecule has 0 fully saturated rings. The second-order valence-corrected chi connectivity index (χ2v) is 9.46. The predicted octanol–water partition coefficient (Wildman–Crippen LogP) is 6.26. The number of hydrogen-bond donors (Lipinski definition) is 1. The van der Waals surface area contributed by atoms with Gasteiger partial charge in [0.05, 0.1) is 5.56 Å². The molecule has 1 N–H and O–H groups in total. The molecule has 0 unspecified atom stereocenters. The van der Waals surface area contributed by atoms with Crippen molar-refractivity contribution < 1.29 is 14.4 Å². The summed E-state index contributed by atoms with van der Waals surface area (Å²) in [6.45, 7) is 0. The van der Waals surface area contributed by atoms with Crippen LogP contribution in [0.1, 0.15) is 31.1 Å². The van der Waals surface area contributed by atoms with E-state index in [0.29, 0.717) is 21.0 Å². The summed E-state index contributed by atoms with van der Waals surface area (Å²) in [4.78, 5) is 38.6.